The summed E-state index contributed by atoms with van der Waals surface area (Å²) < 4.78 is 0. The maximum atomic E-state index is 12.6. The van der Waals surface area contributed by atoms with E-state index in [1.807, 2.05) is 48.5 Å². The summed E-state index contributed by atoms with van der Waals surface area (Å²) in [5, 5.41) is 12.5. The molecular weight excluding hydrogens is 386 g/mol. The largest absolute Gasteiger partial charge is 0.354 e. The number of carbonyl (C=O) groups is 1. The van der Waals surface area contributed by atoms with Gasteiger partial charge in [-0.3, -0.25) is 9.78 Å². The molecule has 0 bridgehead atoms. The van der Waals surface area contributed by atoms with Crippen LogP contribution in [0.1, 0.15) is 18.4 Å². The number of aromatic nitrogens is 3. The number of amides is 1. The van der Waals surface area contributed by atoms with Crippen molar-refractivity contribution in [2.75, 3.05) is 18.0 Å². The Labute approximate surface area is 174 Å². The first-order chi connectivity index (χ1) is 14.2. The van der Waals surface area contributed by atoms with E-state index < -0.39 is 0 Å². The molecule has 1 saturated heterocycles. The van der Waals surface area contributed by atoms with Crippen molar-refractivity contribution in [2.45, 2.75) is 19.4 Å². The zero-order chi connectivity index (χ0) is 20.1. The number of benzene rings is 1. The zero-order valence-corrected chi connectivity index (χ0v) is 16.7. The standard InChI is InChI=1S/C22H22ClN5O/c23-19-5-3-16(4-6-19)14-25-22(29)18-2-1-13-28(15-18)21-8-7-20(26-27-21)17-9-11-24-12-10-17/h3-12,18H,1-2,13-15H2,(H,25,29). The van der Waals surface area contributed by atoms with Crippen LogP contribution in [0.15, 0.2) is 60.9 Å². The minimum absolute atomic E-state index is 0.0577. The third kappa shape index (κ3) is 4.90. The SMILES string of the molecule is O=C(NCc1ccc(Cl)cc1)C1CCCN(c2ccc(-c3ccncc3)nn2)C1. The van der Waals surface area contributed by atoms with Gasteiger partial charge in [-0.2, -0.15) is 0 Å². The predicted molar refractivity (Wildman–Crippen MR) is 113 cm³/mol. The average molecular weight is 408 g/mol. The molecule has 1 amide bonds. The summed E-state index contributed by atoms with van der Waals surface area (Å²) in [5.41, 5.74) is 2.83. The second-order valence-corrected chi connectivity index (χ2v) is 7.58. The summed E-state index contributed by atoms with van der Waals surface area (Å²) in [6.07, 6.45) is 5.31. The number of rotatable bonds is 5. The maximum absolute atomic E-state index is 12.6. The summed E-state index contributed by atoms with van der Waals surface area (Å²) in [6.45, 7) is 2.03. The summed E-state index contributed by atoms with van der Waals surface area (Å²) in [6, 6.07) is 15.3. The lowest BCUT2D eigenvalue weighted by atomic mass is 9.97. The number of carbonyl (C=O) groups excluding carboxylic acids is 1. The Morgan fingerprint density at radius 1 is 1.07 bits per heavy atom. The molecular formula is C22H22ClN5O. The topological polar surface area (TPSA) is 71.0 Å². The molecule has 7 heteroatoms. The fourth-order valence-corrected chi connectivity index (χ4v) is 3.63. The molecule has 0 spiro atoms. The molecule has 0 radical (unpaired) electrons. The van der Waals surface area contributed by atoms with E-state index in [-0.39, 0.29) is 11.8 Å². The molecule has 148 valence electrons. The van der Waals surface area contributed by atoms with E-state index in [9.17, 15) is 4.79 Å². The van der Waals surface area contributed by atoms with Gasteiger partial charge in [0, 0.05) is 42.6 Å². The highest BCUT2D eigenvalue weighted by atomic mass is 35.5. The third-order valence-electron chi connectivity index (χ3n) is 5.12. The van der Waals surface area contributed by atoms with Gasteiger partial charge in [0.15, 0.2) is 5.82 Å². The van der Waals surface area contributed by atoms with Crippen LogP contribution in [-0.2, 0) is 11.3 Å². The van der Waals surface area contributed by atoms with Crippen molar-refractivity contribution >= 4 is 23.3 Å². The lowest BCUT2D eigenvalue weighted by molar-refractivity contribution is -0.125. The second-order valence-electron chi connectivity index (χ2n) is 7.14. The molecule has 0 saturated carbocycles. The van der Waals surface area contributed by atoms with Crippen LogP contribution in [0.2, 0.25) is 5.02 Å². The van der Waals surface area contributed by atoms with Crippen LogP contribution in [0, 0.1) is 5.92 Å². The molecule has 3 aromatic rings. The highest BCUT2D eigenvalue weighted by molar-refractivity contribution is 6.30. The molecule has 1 fully saturated rings. The highest BCUT2D eigenvalue weighted by Crippen LogP contribution is 2.23. The molecule has 1 aromatic carbocycles. The van der Waals surface area contributed by atoms with Crippen molar-refractivity contribution in [3.05, 3.63) is 71.5 Å². The summed E-state index contributed by atoms with van der Waals surface area (Å²) in [5.74, 6) is 0.821. The van der Waals surface area contributed by atoms with E-state index in [1.165, 1.54) is 0 Å². The summed E-state index contributed by atoms with van der Waals surface area (Å²) in [7, 11) is 0. The van der Waals surface area contributed by atoms with Crippen LogP contribution in [0.25, 0.3) is 11.3 Å². The van der Waals surface area contributed by atoms with Gasteiger partial charge >= 0.3 is 0 Å². The van der Waals surface area contributed by atoms with E-state index >= 15 is 0 Å². The molecule has 29 heavy (non-hydrogen) atoms. The van der Waals surface area contributed by atoms with Gasteiger partial charge in [-0.15, -0.1) is 10.2 Å². The number of piperidine rings is 1. The zero-order valence-electron chi connectivity index (χ0n) is 16.0. The molecule has 0 aliphatic carbocycles. The van der Waals surface area contributed by atoms with Crippen molar-refractivity contribution in [3.63, 3.8) is 0 Å². The lowest BCUT2D eigenvalue weighted by Crippen LogP contribution is -2.43. The molecule has 1 aliphatic heterocycles. The molecule has 1 N–H and O–H groups in total. The van der Waals surface area contributed by atoms with Gasteiger partial charge in [0.05, 0.1) is 11.6 Å². The van der Waals surface area contributed by atoms with Gasteiger partial charge in [-0.05, 0) is 54.8 Å². The van der Waals surface area contributed by atoms with Crippen molar-refractivity contribution in [1.29, 1.82) is 0 Å². The van der Waals surface area contributed by atoms with Gasteiger partial charge in [0.25, 0.3) is 0 Å². The fraction of sp³-hybridized carbons (Fsp3) is 0.273. The van der Waals surface area contributed by atoms with Crippen LogP contribution < -0.4 is 10.2 Å². The van der Waals surface area contributed by atoms with Crippen LogP contribution in [0.5, 0.6) is 0 Å². The number of anilines is 1. The minimum Gasteiger partial charge on any atom is -0.354 e. The van der Waals surface area contributed by atoms with Crippen molar-refractivity contribution < 1.29 is 4.79 Å². The normalized spacial score (nSPS) is 16.4. The fourth-order valence-electron chi connectivity index (χ4n) is 3.51. The maximum Gasteiger partial charge on any atom is 0.225 e. The number of nitrogens with one attached hydrogen (secondary N) is 1. The van der Waals surface area contributed by atoms with Gasteiger partial charge < -0.3 is 10.2 Å². The third-order valence-corrected chi connectivity index (χ3v) is 5.37. The van der Waals surface area contributed by atoms with E-state index in [2.05, 4.69) is 25.4 Å². The van der Waals surface area contributed by atoms with Gasteiger partial charge in [0.1, 0.15) is 0 Å². The number of nitrogens with zero attached hydrogens (tertiary/aromatic N) is 4. The van der Waals surface area contributed by atoms with Crippen LogP contribution in [-0.4, -0.2) is 34.2 Å². The quantitative estimate of drug-likeness (QED) is 0.697. The van der Waals surface area contributed by atoms with Crippen LogP contribution in [0.3, 0.4) is 0 Å². The molecule has 6 nitrogen and oxygen atoms in total. The van der Waals surface area contributed by atoms with E-state index in [0.717, 1.165) is 42.0 Å². The molecule has 1 atom stereocenters. The van der Waals surface area contributed by atoms with Gasteiger partial charge in [-0.25, -0.2) is 0 Å². The summed E-state index contributed by atoms with van der Waals surface area (Å²) >= 11 is 5.91. The number of pyridine rings is 1. The molecule has 2 aromatic heterocycles. The Morgan fingerprint density at radius 2 is 1.86 bits per heavy atom. The van der Waals surface area contributed by atoms with E-state index in [1.54, 1.807) is 12.4 Å². The minimum atomic E-state index is -0.0577. The molecule has 1 unspecified atom stereocenters. The number of hydrogen-bond acceptors (Lipinski definition) is 5. The predicted octanol–water partition coefficient (Wildman–Crippen LogP) is 3.72. The smallest absolute Gasteiger partial charge is 0.225 e. The van der Waals surface area contributed by atoms with Crippen molar-refractivity contribution in [3.8, 4) is 11.3 Å². The molecule has 1 aliphatic rings. The highest BCUT2D eigenvalue weighted by Gasteiger charge is 2.26. The first kappa shape index (κ1) is 19.3. The van der Waals surface area contributed by atoms with E-state index in [4.69, 9.17) is 11.6 Å². The monoisotopic (exact) mass is 407 g/mol. The molecule has 3 heterocycles. The van der Waals surface area contributed by atoms with E-state index in [0.29, 0.717) is 18.1 Å². The summed E-state index contributed by atoms with van der Waals surface area (Å²) in [4.78, 5) is 18.8. The van der Waals surface area contributed by atoms with Crippen molar-refractivity contribution in [1.82, 2.24) is 20.5 Å². The Balaban J connectivity index is 1.36. The Hall–Kier alpha value is -2.99. The molecule has 4 rings (SSSR count). The number of hydrogen-bond donors (Lipinski definition) is 1. The van der Waals surface area contributed by atoms with Crippen LogP contribution in [0.4, 0.5) is 5.82 Å². The Kier molecular flexibility index (Phi) is 6.00. The van der Waals surface area contributed by atoms with Crippen molar-refractivity contribution in [2.24, 2.45) is 5.92 Å². The lowest BCUT2D eigenvalue weighted by Gasteiger charge is -2.32. The first-order valence-electron chi connectivity index (χ1n) is 9.70. The number of halogens is 1. The van der Waals surface area contributed by atoms with Gasteiger partial charge in [0.2, 0.25) is 5.91 Å². The Morgan fingerprint density at radius 3 is 2.59 bits per heavy atom. The van der Waals surface area contributed by atoms with Gasteiger partial charge in [-0.1, -0.05) is 23.7 Å². The average Bonchev–Trinajstić information content (AvgIpc) is 2.79. The van der Waals surface area contributed by atoms with Crippen LogP contribution >= 0.6 is 11.6 Å². The Bertz CT molecular complexity index is 947. The first-order valence-corrected chi connectivity index (χ1v) is 10.1. The second kappa shape index (κ2) is 9.01.